The van der Waals surface area contributed by atoms with Crippen LogP contribution in [0.1, 0.15) is 10.8 Å². The third-order valence-corrected chi connectivity index (χ3v) is 6.29. The summed E-state index contributed by atoms with van der Waals surface area (Å²) < 4.78 is 12.8. The Bertz CT molecular complexity index is 1340. The van der Waals surface area contributed by atoms with E-state index in [4.69, 9.17) is 15.2 Å². The fourth-order valence-corrected chi connectivity index (χ4v) is 4.63. The van der Waals surface area contributed by atoms with Crippen molar-refractivity contribution in [3.63, 3.8) is 0 Å². The van der Waals surface area contributed by atoms with Crippen LogP contribution in [0.25, 0.3) is 17.1 Å². The summed E-state index contributed by atoms with van der Waals surface area (Å²) >= 11 is 1.17. The zero-order chi connectivity index (χ0) is 23.5. The molecule has 3 amide bonds. The third-order valence-electron chi connectivity index (χ3n) is 5.09. The zero-order valence-electron chi connectivity index (χ0n) is 17.8. The SMILES string of the molecule is NC(=O)NC(=O)[C@H](Sc1nnc(-c2ccc3c(c2)OCO3)n1-c1ccccc1)c1ccccc1. The van der Waals surface area contributed by atoms with Gasteiger partial charge in [-0.2, -0.15) is 0 Å². The van der Waals surface area contributed by atoms with Gasteiger partial charge < -0.3 is 15.2 Å². The largest absolute Gasteiger partial charge is 0.454 e. The maximum atomic E-state index is 12.9. The van der Waals surface area contributed by atoms with E-state index >= 15 is 0 Å². The van der Waals surface area contributed by atoms with E-state index in [0.29, 0.717) is 28.0 Å². The first-order valence-corrected chi connectivity index (χ1v) is 11.2. The van der Waals surface area contributed by atoms with Crippen molar-refractivity contribution < 1.29 is 19.1 Å². The average molecular weight is 474 g/mol. The molecule has 0 saturated heterocycles. The average Bonchev–Trinajstić information content (AvgIpc) is 3.49. The quantitative estimate of drug-likeness (QED) is 0.410. The number of carbonyl (C=O) groups is 2. The molecule has 0 saturated carbocycles. The van der Waals surface area contributed by atoms with Gasteiger partial charge in [0.1, 0.15) is 5.25 Å². The number of urea groups is 1. The van der Waals surface area contributed by atoms with Crippen LogP contribution in [-0.4, -0.2) is 33.5 Å². The zero-order valence-corrected chi connectivity index (χ0v) is 18.6. The van der Waals surface area contributed by atoms with Crippen LogP contribution in [0.15, 0.2) is 84.0 Å². The summed E-state index contributed by atoms with van der Waals surface area (Å²) in [6.45, 7) is 0.166. The van der Waals surface area contributed by atoms with Crippen LogP contribution in [-0.2, 0) is 4.79 Å². The summed E-state index contributed by atoms with van der Waals surface area (Å²) in [4.78, 5) is 24.3. The number of nitrogens with zero attached hydrogens (tertiary/aromatic N) is 3. The molecule has 3 aromatic carbocycles. The normalized spacial score (nSPS) is 12.8. The number of fused-ring (bicyclic) bond motifs is 1. The molecule has 0 aliphatic carbocycles. The number of nitrogens with two attached hydrogens (primary N) is 1. The molecule has 4 aromatic rings. The fraction of sp³-hybridized carbons (Fsp3) is 0.0833. The Kier molecular flexibility index (Phi) is 5.88. The van der Waals surface area contributed by atoms with Crippen molar-refractivity contribution in [1.82, 2.24) is 20.1 Å². The van der Waals surface area contributed by atoms with Gasteiger partial charge in [-0.1, -0.05) is 60.3 Å². The van der Waals surface area contributed by atoms with Crippen molar-refractivity contribution >= 4 is 23.7 Å². The topological polar surface area (TPSA) is 121 Å². The van der Waals surface area contributed by atoms with Crippen LogP contribution in [0.3, 0.4) is 0 Å². The Labute approximate surface area is 198 Å². The van der Waals surface area contributed by atoms with Crippen molar-refractivity contribution in [3.05, 3.63) is 84.4 Å². The Morgan fingerprint density at radius 1 is 0.941 bits per heavy atom. The van der Waals surface area contributed by atoms with Crippen molar-refractivity contribution in [2.75, 3.05) is 6.79 Å². The number of rotatable bonds is 6. The highest BCUT2D eigenvalue weighted by Gasteiger charge is 2.28. The summed E-state index contributed by atoms with van der Waals surface area (Å²) in [5.74, 6) is 1.30. The van der Waals surface area contributed by atoms with Crippen LogP contribution in [0.2, 0.25) is 0 Å². The number of hydrogen-bond acceptors (Lipinski definition) is 7. The molecular formula is C24H19N5O4S. The number of para-hydroxylation sites is 1. The van der Waals surface area contributed by atoms with Gasteiger partial charge >= 0.3 is 6.03 Å². The molecule has 0 spiro atoms. The predicted molar refractivity (Wildman–Crippen MR) is 126 cm³/mol. The molecule has 1 aliphatic rings. The fourth-order valence-electron chi connectivity index (χ4n) is 3.57. The molecule has 0 fully saturated rings. The molecule has 1 atom stereocenters. The minimum absolute atomic E-state index is 0.166. The number of thioether (sulfide) groups is 1. The monoisotopic (exact) mass is 473 g/mol. The highest BCUT2D eigenvalue weighted by atomic mass is 32.2. The molecule has 10 heteroatoms. The predicted octanol–water partition coefficient (Wildman–Crippen LogP) is 3.69. The number of aromatic nitrogens is 3. The van der Waals surface area contributed by atoms with Gasteiger partial charge in [-0.25, -0.2) is 4.79 Å². The Morgan fingerprint density at radius 2 is 1.65 bits per heavy atom. The lowest BCUT2D eigenvalue weighted by molar-refractivity contribution is -0.119. The molecular weight excluding hydrogens is 454 g/mol. The Balaban J connectivity index is 1.59. The molecule has 0 unspecified atom stereocenters. The molecule has 170 valence electrons. The van der Waals surface area contributed by atoms with E-state index in [0.717, 1.165) is 11.3 Å². The van der Waals surface area contributed by atoms with Gasteiger partial charge in [0.25, 0.3) is 0 Å². The second-order valence-electron chi connectivity index (χ2n) is 7.31. The number of nitrogens with one attached hydrogen (secondary N) is 1. The first kappa shape index (κ1) is 21.5. The standard InChI is InChI=1S/C24H19N5O4S/c25-23(31)26-22(30)20(15-7-3-1-4-8-15)34-24-28-27-21(29(24)17-9-5-2-6-10-17)16-11-12-18-19(13-16)33-14-32-18/h1-13,20H,14H2,(H3,25,26,30,31)/t20-/m1/s1. The summed E-state index contributed by atoms with van der Waals surface area (Å²) in [7, 11) is 0. The molecule has 34 heavy (non-hydrogen) atoms. The second kappa shape index (κ2) is 9.28. The van der Waals surface area contributed by atoms with Gasteiger partial charge in [0.05, 0.1) is 0 Å². The van der Waals surface area contributed by atoms with Crippen molar-refractivity contribution in [2.24, 2.45) is 5.73 Å². The highest BCUT2D eigenvalue weighted by molar-refractivity contribution is 8.00. The Morgan fingerprint density at radius 3 is 2.38 bits per heavy atom. The molecule has 5 rings (SSSR count). The summed E-state index contributed by atoms with van der Waals surface area (Å²) in [6.07, 6.45) is 0. The molecule has 9 nitrogen and oxygen atoms in total. The van der Waals surface area contributed by atoms with Gasteiger partial charge in [0, 0.05) is 11.3 Å². The van der Waals surface area contributed by atoms with E-state index in [-0.39, 0.29) is 6.79 Å². The van der Waals surface area contributed by atoms with Gasteiger partial charge in [-0.3, -0.25) is 14.7 Å². The number of benzene rings is 3. The minimum Gasteiger partial charge on any atom is -0.454 e. The smallest absolute Gasteiger partial charge is 0.318 e. The lowest BCUT2D eigenvalue weighted by atomic mass is 10.1. The molecule has 1 aromatic heterocycles. The van der Waals surface area contributed by atoms with Gasteiger partial charge in [-0.15, -0.1) is 10.2 Å². The molecule has 2 heterocycles. The van der Waals surface area contributed by atoms with Crippen LogP contribution in [0, 0.1) is 0 Å². The summed E-state index contributed by atoms with van der Waals surface area (Å²) in [5.41, 5.74) is 7.48. The first-order chi connectivity index (χ1) is 16.6. The number of ether oxygens (including phenoxy) is 2. The summed E-state index contributed by atoms with van der Waals surface area (Å²) in [6, 6.07) is 23.3. The molecule has 1 aliphatic heterocycles. The van der Waals surface area contributed by atoms with Crippen LogP contribution < -0.4 is 20.5 Å². The van der Waals surface area contributed by atoms with Gasteiger partial charge in [0.2, 0.25) is 12.7 Å². The van der Waals surface area contributed by atoms with Crippen LogP contribution in [0.5, 0.6) is 11.5 Å². The van der Waals surface area contributed by atoms with Crippen LogP contribution in [0.4, 0.5) is 4.79 Å². The number of primary amides is 1. The first-order valence-electron chi connectivity index (χ1n) is 10.3. The van der Waals surface area contributed by atoms with E-state index < -0.39 is 17.2 Å². The van der Waals surface area contributed by atoms with Crippen LogP contribution >= 0.6 is 11.8 Å². The van der Waals surface area contributed by atoms with E-state index in [9.17, 15) is 9.59 Å². The number of hydrogen-bond donors (Lipinski definition) is 2. The maximum Gasteiger partial charge on any atom is 0.318 e. The second-order valence-corrected chi connectivity index (χ2v) is 8.38. The number of imide groups is 1. The summed E-state index contributed by atoms with van der Waals surface area (Å²) in [5, 5.41) is 10.7. The van der Waals surface area contributed by atoms with Gasteiger partial charge in [0.15, 0.2) is 22.5 Å². The van der Waals surface area contributed by atoms with E-state index in [1.54, 1.807) is 12.1 Å². The number of amides is 3. The molecule has 3 N–H and O–H groups in total. The van der Waals surface area contributed by atoms with E-state index in [2.05, 4.69) is 15.5 Å². The lowest BCUT2D eigenvalue weighted by Gasteiger charge is -2.17. The van der Waals surface area contributed by atoms with Crippen molar-refractivity contribution in [1.29, 1.82) is 0 Å². The van der Waals surface area contributed by atoms with Gasteiger partial charge in [-0.05, 0) is 35.9 Å². The highest BCUT2D eigenvalue weighted by Crippen LogP contribution is 2.40. The molecule has 0 radical (unpaired) electrons. The Hall–Kier alpha value is -4.31. The maximum absolute atomic E-state index is 12.9. The van der Waals surface area contributed by atoms with E-state index in [1.165, 1.54) is 11.8 Å². The third kappa shape index (κ3) is 4.30. The minimum atomic E-state index is -0.919. The van der Waals surface area contributed by atoms with E-state index in [1.807, 2.05) is 71.3 Å². The molecule has 0 bridgehead atoms. The van der Waals surface area contributed by atoms with Crippen molar-refractivity contribution in [2.45, 2.75) is 10.4 Å². The van der Waals surface area contributed by atoms with Crippen molar-refractivity contribution in [3.8, 4) is 28.6 Å². The lowest BCUT2D eigenvalue weighted by Crippen LogP contribution is -2.37. The number of carbonyl (C=O) groups excluding carboxylic acids is 2.